The van der Waals surface area contributed by atoms with E-state index in [4.69, 9.17) is 0 Å². The third-order valence-electron chi connectivity index (χ3n) is 4.43. The maximum absolute atomic E-state index is 12.3. The van der Waals surface area contributed by atoms with Crippen LogP contribution in [0.25, 0.3) is 17.1 Å². The molecule has 0 unspecified atom stereocenters. The third-order valence-corrected chi connectivity index (χ3v) is 4.43. The summed E-state index contributed by atoms with van der Waals surface area (Å²) in [6, 6.07) is 5.68. The van der Waals surface area contributed by atoms with Gasteiger partial charge in [0, 0.05) is 35.5 Å². The summed E-state index contributed by atoms with van der Waals surface area (Å²) >= 11 is 0. The lowest BCUT2D eigenvalue weighted by molar-refractivity contribution is -0.111. The molecule has 136 valence electrons. The van der Waals surface area contributed by atoms with Crippen molar-refractivity contribution in [2.24, 2.45) is 7.05 Å². The Morgan fingerprint density at radius 3 is 2.62 bits per heavy atom. The zero-order valence-electron chi connectivity index (χ0n) is 16.1. The number of fused-ring (bicyclic) bond motifs is 1. The molecule has 2 N–H and O–H groups in total. The van der Waals surface area contributed by atoms with Crippen molar-refractivity contribution >= 4 is 28.7 Å². The van der Waals surface area contributed by atoms with Gasteiger partial charge in [-0.05, 0) is 38.1 Å². The molecule has 3 aromatic rings. The van der Waals surface area contributed by atoms with Crippen molar-refractivity contribution in [3.63, 3.8) is 0 Å². The number of carbonyl (C=O) groups is 1. The molecule has 6 nitrogen and oxygen atoms in total. The number of nitrogens with zero attached hydrogens (tertiary/aromatic N) is 3. The first-order valence-corrected chi connectivity index (χ1v) is 8.64. The lowest BCUT2D eigenvalue weighted by Gasteiger charge is -2.13. The molecule has 0 saturated carbocycles. The van der Waals surface area contributed by atoms with Crippen molar-refractivity contribution in [1.29, 1.82) is 0 Å². The first-order chi connectivity index (χ1) is 12.1. The van der Waals surface area contributed by atoms with Crippen LogP contribution in [0.15, 0.2) is 24.3 Å². The van der Waals surface area contributed by atoms with E-state index >= 15 is 0 Å². The van der Waals surface area contributed by atoms with Gasteiger partial charge in [0.1, 0.15) is 5.82 Å². The van der Waals surface area contributed by atoms with Crippen LogP contribution >= 0.6 is 0 Å². The van der Waals surface area contributed by atoms with E-state index in [1.807, 2.05) is 43.8 Å². The average molecular weight is 351 g/mol. The van der Waals surface area contributed by atoms with Gasteiger partial charge in [0.05, 0.1) is 16.7 Å². The number of aromatic nitrogens is 4. The molecule has 0 fully saturated rings. The number of hydrogen-bond donors (Lipinski definition) is 2. The van der Waals surface area contributed by atoms with Crippen LogP contribution in [-0.4, -0.2) is 25.7 Å². The largest absolute Gasteiger partial charge is 0.341 e. The van der Waals surface area contributed by atoms with E-state index in [9.17, 15) is 4.79 Å². The summed E-state index contributed by atoms with van der Waals surface area (Å²) in [6.07, 6.45) is 3.34. The highest BCUT2D eigenvalue weighted by Gasteiger charge is 2.18. The predicted octanol–water partition coefficient (Wildman–Crippen LogP) is 3.86. The van der Waals surface area contributed by atoms with Crippen molar-refractivity contribution in [3.8, 4) is 0 Å². The zero-order chi connectivity index (χ0) is 19.1. The van der Waals surface area contributed by atoms with Crippen molar-refractivity contribution < 1.29 is 4.79 Å². The standard InChI is InChI=1S/C20H25N5O/c1-12-15(13(2)25(6)24-12)8-10-18(26)21-14-7-9-16-17(11-14)23-19(22-16)20(3,4)5/h7-11H,1-6H3,(H,21,26)(H,22,23)/b10-8+. The van der Waals surface area contributed by atoms with E-state index in [1.54, 1.807) is 6.08 Å². The average Bonchev–Trinajstić information content (AvgIpc) is 3.07. The van der Waals surface area contributed by atoms with E-state index in [0.717, 1.165) is 39.5 Å². The number of H-pyrrole nitrogens is 1. The van der Waals surface area contributed by atoms with Crippen molar-refractivity contribution in [2.75, 3.05) is 5.32 Å². The Balaban J connectivity index is 1.77. The molecule has 1 aromatic carbocycles. The van der Waals surface area contributed by atoms with Crippen LogP contribution in [0.3, 0.4) is 0 Å². The van der Waals surface area contributed by atoms with Gasteiger partial charge in [-0.1, -0.05) is 20.8 Å². The van der Waals surface area contributed by atoms with Gasteiger partial charge in [-0.25, -0.2) is 4.98 Å². The minimum atomic E-state index is -0.178. The second-order valence-electron chi connectivity index (χ2n) is 7.60. The lowest BCUT2D eigenvalue weighted by atomic mass is 9.96. The molecular formula is C20H25N5O. The summed E-state index contributed by atoms with van der Waals surface area (Å²) in [5.41, 5.74) is 5.39. The second-order valence-corrected chi connectivity index (χ2v) is 7.60. The number of amides is 1. The van der Waals surface area contributed by atoms with E-state index in [1.165, 1.54) is 6.08 Å². The topological polar surface area (TPSA) is 75.6 Å². The maximum atomic E-state index is 12.3. The second kappa shape index (κ2) is 6.44. The highest BCUT2D eigenvalue weighted by molar-refractivity contribution is 6.02. The van der Waals surface area contributed by atoms with E-state index in [0.29, 0.717) is 0 Å². The van der Waals surface area contributed by atoms with Gasteiger partial charge >= 0.3 is 0 Å². The van der Waals surface area contributed by atoms with Crippen LogP contribution in [-0.2, 0) is 17.3 Å². The molecule has 2 aromatic heterocycles. The summed E-state index contributed by atoms with van der Waals surface area (Å²) in [4.78, 5) is 20.2. The van der Waals surface area contributed by atoms with Gasteiger partial charge in [-0.3, -0.25) is 9.48 Å². The molecule has 0 spiro atoms. The van der Waals surface area contributed by atoms with Crippen LogP contribution in [0.1, 0.15) is 43.5 Å². The quantitative estimate of drug-likeness (QED) is 0.704. The van der Waals surface area contributed by atoms with Crippen molar-refractivity contribution in [3.05, 3.63) is 47.1 Å². The molecule has 1 amide bonds. The molecule has 6 heteroatoms. The number of hydrogen-bond acceptors (Lipinski definition) is 3. The minimum Gasteiger partial charge on any atom is -0.341 e. The van der Waals surface area contributed by atoms with Crippen molar-refractivity contribution in [1.82, 2.24) is 19.7 Å². The Kier molecular flexibility index (Phi) is 4.44. The molecule has 3 rings (SSSR count). The highest BCUT2D eigenvalue weighted by Crippen LogP contribution is 2.24. The fourth-order valence-corrected chi connectivity index (χ4v) is 2.82. The summed E-state index contributed by atoms with van der Waals surface area (Å²) in [7, 11) is 1.89. The molecule has 0 radical (unpaired) electrons. The number of aromatic amines is 1. The monoisotopic (exact) mass is 351 g/mol. The number of anilines is 1. The van der Waals surface area contributed by atoms with Gasteiger partial charge in [0.15, 0.2) is 0 Å². The third kappa shape index (κ3) is 3.54. The van der Waals surface area contributed by atoms with E-state index < -0.39 is 0 Å². The van der Waals surface area contributed by atoms with Crippen LogP contribution in [0.5, 0.6) is 0 Å². The Labute approximate surface area is 153 Å². The minimum absolute atomic E-state index is 0.0510. The van der Waals surface area contributed by atoms with Gasteiger partial charge in [-0.15, -0.1) is 0 Å². The molecule has 0 aliphatic heterocycles. The molecule has 0 saturated heterocycles. The van der Waals surface area contributed by atoms with Gasteiger partial charge in [-0.2, -0.15) is 5.10 Å². The number of rotatable bonds is 3. The smallest absolute Gasteiger partial charge is 0.248 e. The summed E-state index contributed by atoms with van der Waals surface area (Å²) in [6.45, 7) is 10.3. The fraction of sp³-hybridized carbons (Fsp3) is 0.350. The summed E-state index contributed by atoms with van der Waals surface area (Å²) < 4.78 is 1.81. The number of aryl methyl sites for hydroxylation is 2. The Hall–Kier alpha value is -2.89. The number of nitrogens with one attached hydrogen (secondary N) is 2. The van der Waals surface area contributed by atoms with E-state index in [2.05, 4.69) is 41.2 Å². The van der Waals surface area contributed by atoms with Gasteiger partial charge in [0.25, 0.3) is 0 Å². The lowest BCUT2D eigenvalue weighted by Crippen LogP contribution is -2.12. The van der Waals surface area contributed by atoms with Crippen LogP contribution < -0.4 is 5.32 Å². The Morgan fingerprint density at radius 2 is 2.00 bits per heavy atom. The maximum Gasteiger partial charge on any atom is 0.248 e. The van der Waals surface area contributed by atoms with E-state index in [-0.39, 0.29) is 11.3 Å². The normalized spacial score (nSPS) is 12.2. The molecule has 0 atom stereocenters. The van der Waals surface area contributed by atoms with Gasteiger partial charge in [0.2, 0.25) is 5.91 Å². The molecule has 0 aliphatic rings. The summed E-state index contributed by atoms with van der Waals surface area (Å²) in [5, 5.41) is 7.25. The van der Waals surface area contributed by atoms with Crippen molar-refractivity contribution in [2.45, 2.75) is 40.0 Å². The Bertz CT molecular complexity index is 1000. The zero-order valence-corrected chi connectivity index (χ0v) is 16.1. The molecular weight excluding hydrogens is 326 g/mol. The molecule has 2 heterocycles. The number of imidazole rings is 1. The predicted molar refractivity (Wildman–Crippen MR) is 105 cm³/mol. The number of benzene rings is 1. The number of carbonyl (C=O) groups excluding carboxylic acids is 1. The van der Waals surface area contributed by atoms with Crippen LogP contribution in [0, 0.1) is 13.8 Å². The van der Waals surface area contributed by atoms with Gasteiger partial charge < -0.3 is 10.3 Å². The highest BCUT2D eigenvalue weighted by atomic mass is 16.1. The first kappa shape index (κ1) is 17.9. The molecule has 0 aliphatic carbocycles. The van der Waals surface area contributed by atoms with Crippen LogP contribution in [0.4, 0.5) is 5.69 Å². The molecule has 26 heavy (non-hydrogen) atoms. The van der Waals surface area contributed by atoms with Crippen LogP contribution in [0.2, 0.25) is 0 Å². The Morgan fingerprint density at radius 1 is 1.27 bits per heavy atom. The first-order valence-electron chi connectivity index (χ1n) is 8.64. The SMILES string of the molecule is Cc1nn(C)c(C)c1/C=C/C(=O)Nc1ccc2nc(C(C)(C)C)[nH]c2c1. The fourth-order valence-electron chi connectivity index (χ4n) is 2.82. The summed E-state index contributed by atoms with van der Waals surface area (Å²) in [5.74, 6) is 0.751. The molecule has 0 bridgehead atoms.